The quantitative estimate of drug-likeness (QED) is 0.0387. The smallest absolute Gasteiger partial charge is 0.326 e. The number of primary amides is 1. The van der Waals surface area contributed by atoms with Crippen LogP contribution < -0.4 is 48.7 Å². The van der Waals surface area contributed by atoms with E-state index in [1.54, 1.807) is 88.4 Å². The molecule has 24 nitrogen and oxygen atoms in total. The maximum absolute atomic E-state index is 14.0. The van der Waals surface area contributed by atoms with Gasteiger partial charge in [-0.1, -0.05) is 88.4 Å². The summed E-state index contributed by atoms with van der Waals surface area (Å²) in [4.78, 5) is 141. The van der Waals surface area contributed by atoms with Crippen molar-refractivity contribution in [3.05, 3.63) is 71.8 Å². The van der Waals surface area contributed by atoms with Gasteiger partial charge in [0.05, 0.1) is 18.5 Å². The average molecular weight is 998 g/mol. The van der Waals surface area contributed by atoms with Crippen molar-refractivity contribution in [3.63, 3.8) is 0 Å². The van der Waals surface area contributed by atoms with Crippen LogP contribution in [0.2, 0.25) is 0 Å². The summed E-state index contributed by atoms with van der Waals surface area (Å²) in [6.45, 7) is 7.90. The monoisotopic (exact) mass is 997 g/mol. The molecule has 0 radical (unpaired) electrons. The second-order valence-corrected chi connectivity index (χ2v) is 17.8. The van der Waals surface area contributed by atoms with Gasteiger partial charge in [-0.2, -0.15) is 0 Å². The van der Waals surface area contributed by atoms with Gasteiger partial charge in [-0.25, -0.2) is 4.79 Å². The Balaban J connectivity index is 2.32. The minimum absolute atomic E-state index is 0.0313. The van der Waals surface area contributed by atoms with Crippen LogP contribution in [-0.2, 0) is 65.6 Å². The molecule has 0 bridgehead atoms. The van der Waals surface area contributed by atoms with Gasteiger partial charge in [0.25, 0.3) is 5.91 Å². The van der Waals surface area contributed by atoms with E-state index in [9.17, 15) is 68.1 Å². The van der Waals surface area contributed by atoms with E-state index in [1.165, 1.54) is 0 Å². The zero-order valence-corrected chi connectivity index (χ0v) is 40.2. The minimum atomic E-state index is -2.15. The number of rotatable bonds is 31. The standard InChI is InChI=1S/C47H67N9O15/c1-24(2)20-32(53-45(68)38(25(3)4)56-41(64)29(48)16-18-36(58)59)44(67)52-31(21-27-12-8-6-9-13-27)39(62)46(69)54-33(23-35(49)57)43(66)50-26(5)40(63)51-30(17-19-37(60)61)42(65)55-34(47(70)71)22-28-14-10-7-11-15-28/h6-15,24-26,29-34,38-39,62H,16-23,48H2,1-5H3,(H2,49,57)(H,50,66)(H,51,63)(H,52,67)(H,53,68)(H,54,69)(H,55,65)(H,56,64)(H,58,59)(H,60,61)(H,70,71)/t26-,29-,30-,31-,32-,33-,34-,38-,39+/m0/s1. The molecular weight excluding hydrogens is 931 g/mol. The molecule has 0 aliphatic carbocycles. The van der Waals surface area contributed by atoms with Gasteiger partial charge >= 0.3 is 17.9 Å². The van der Waals surface area contributed by atoms with Crippen molar-refractivity contribution in [1.29, 1.82) is 0 Å². The summed E-state index contributed by atoms with van der Waals surface area (Å²) in [5.41, 5.74) is 12.3. The van der Waals surface area contributed by atoms with Gasteiger partial charge in [0.1, 0.15) is 36.3 Å². The number of aliphatic carboxylic acids is 3. The maximum atomic E-state index is 14.0. The molecule has 0 aliphatic rings. The third kappa shape index (κ3) is 21.8. The molecule has 9 atom stereocenters. The highest BCUT2D eigenvalue weighted by Crippen LogP contribution is 2.13. The summed E-state index contributed by atoms with van der Waals surface area (Å²) < 4.78 is 0. The Morgan fingerprint density at radius 2 is 1.00 bits per heavy atom. The van der Waals surface area contributed by atoms with Crippen LogP contribution in [0.25, 0.3) is 0 Å². The Morgan fingerprint density at radius 1 is 0.521 bits per heavy atom. The summed E-state index contributed by atoms with van der Waals surface area (Å²) in [7, 11) is 0. The van der Waals surface area contributed by atoms with Crippen molar-refractivity contribution in [2.75, 3.05) is 0 Å². The zero-order valence-electron chi connectivity index (χ0n) is 40.2. The van der Waals surface area contributed by atoms with Crippen LogP contribution in [0.1, 0.15) is 84.3 Å². The van der Waals surface area contributed by atoms with Gasteiger partial charge < -0.3 is 69.1 Å². The van der Waals surface area contributed by atoms with E-state index in [1.807, 2.05) is 0 Å². The van der Waals surface area contributed by atoms with Crippen molar-refractivity contribution in [1.82, 2.24) is 37.2 Å². The van der Waals surface area contributed by atoms with Gasteiger partial charge in [0, 0.05) is 19.3 Å². The number of carboxylic acid groups (broad SMARTS) is 3. The molecule has 0 fully saturated rings. The molecule has 15 N–H and O–H groups in total. The fraction of sp³-hybridized carbons (Fsp3) is 0.511. The Kier molecular flexibility index (Phi) is 24.8. The number of hydrogen-bond donors (Lipinski definition) is 13. The van der Waals surface area contributed by atoms with Crippen molar-refractivity contribution in [2.45, 2.75) is 140 Å². The molecule has 0 heterocycles. The molecule has 24 heteroatoms. The van der Waals surface area contributed by atoms with Crippen LogP contribution >= 0.6 is 0 Å². The van der Waals surface area contributed by atoms with Crippen LogP contribution in [0.4, 0.5) is 0 Å². The number of benzene rings is 2. The fourth-order valence-corrected chi connectivity index (χ4v) is 6.95. The number of nitrogens with two attached hydrogens (primary N) is 2. The molecule has 8 amide bonds. The van der Waals surface area contributed by atoms with Crippen molar-refractivity contribution in [2.24, 2.45) is 23.3 Å². The first-order valence-electron chi connectivity index (χ1n) is 22.9. The lowest BCUT2D eigenvalue weighted by molar-refractivity contribution is -0.143. The molecule has 2 aromatic carbocycles. The number of carbonyl (C=O) groups is 11. The van der Waals surface area contributed by atoms with E-state index in [4.69, 9.17) is 16.6 Å². The topological polar surface area (TPSA) is 405 Å². The van der Waals surface area contributed by atoms with Gasteiger partial charge in [0.15, 0.2) is 6.10 Å². The SMILES string of the molecule is CC(C)C[C@H](NC(=O)[C@@H](NC(=O)[C@@H](N)CCC(=O)O)C(C)C)C(=O)N[C@@H](Cc1ccccc1)[C@@H](O)C(=O)N[C@@H](CC(N)=O)C(=O)N[C@@H](C)C(=O)N[C@@H](CCC(=O)O)C(=O)N[C@@H](Cc1ccccc1)C(=O)O. The normalized spacial score (nSPS) is 14.9. The number of amides is 8. The molecule has 0 aromatic heterocycles. The lowest BCUT2D eigenvalue weighted by Gasteiger charge is -2.30. The molecular formula is C47H67N9O15. The van der Waals surface area contributed by atoms with Gasteiger partial charge in [-0.05, 0) is 55.6 Å². The van der Waals surface area contributed by atoms with E-state index in [0.29, 0.717) is 11.1 Å². The number of hydrogen-bond acceptors (Lipinski definition) is 13. The summed E-state index contributed by atoms with van der Waals surface area (Å²) in [5.74, 6) is -12.8. The van der Waals surface area contributed by atoms with Gasteiger partial charge in [-0.15, -0.1) is 0 Å². The second kappa shape index (κ2) is 29.5. The number of nitrogens with one attached hydrogen (secondary N) is 7. The van der Waals surface area contributed by atoms with E-state index in [2.05, 4.69) is 37.2 Å². The Bertz CT molecular complexity index is 2180. The molecule has 2 aromatic rings. The summed E-state index contributed by atoms with van der Waals surface area (Å²) >= 11 is 0. The number of carboxylic acids is 3. The van der Waals surface area contributed by atoms with Crippen LogP contribution in [0.5, 0.6) is 0 Å². The van der Waals surface area contributed by atoms with E-state index in [-0.39, 0.29) is 31.6 Å². The highest BCUT2D eigenvalue weighted by Gasteiger charge is 2.36. The van der Waals surface area contributed by atoms with Crippen molar-refractivity contribution in [3.8, 4) is 0 Å². The van der Waals surface area contributed by atoms with Crippen LogP contribution in [0, 0.1) is 11.8 Å². The van der Waals surface area contributed by atoms with Crippen LogP contribution in [-0.4, -0.2) is 140 Å². The average Bonchev–Trinajstić information content (AvgIpc) is 3.29. The fourth-order valence-electron chi connectivity index (χ4n) is 6.95. The first kappa shape index (κ1) is 59.7. The summed E-state index contributed by atoms with van der Waals surface area (Å²) in [5, 5.41) is 56.4. The molecule has 390 valence electrons. The lowest BCUT2D eigenvalue weighted by atomic mass is 9.97. The third-order valence-electron chi connectivity index (χ3n) is 10.8. The predicted octanol–water partition coefficient (Wildman–Crippen LogP) is -2.03. The highest BCUT2D eigenvalue weighted by atomic mass is 16.4. The summed E-state index contributed by atoms with van der Waals surface area (Å²) in [6, 6.07) is 4.84. The largest absolute Gasteiger partial charge is 0.481 e. The first-order chi connectivity index (χ1) is 33.3. The third-order valence-corrected chi connectivity index (χ3v) is 10.8. The van der Waals surface area contributed by atoms with Crippen molar-refractivity contribution >= 4 is 65.2 Å². The Morgan fingerprint density at radius 3 is 1.51 bits per heavy atom. The Labute approximate surface area is 410 Å². The number of carbonyl (C=O) groups excluding carboxylic acids is 8. The summed E-state index contributed by atoms with van der Waals surface area (Å²) in [6.07, 6.45) is -5.05. The van der Waals surface area contributed by atoms with Crippen molar-refractivity contribution < 1.29 is 73.2 Å². The molecule has 0 spiro atoms. The predicted molar refractivity (Wildman–Crippen MR) is 253 cm³/mol. The molecule has 0 unspecified atom stereocenters. The minimum Gasteiger partial charge on any atom is -0.481 e. The van der Waals surface area contributed by atoms with E-state index < -0.39 is 151 Å². The first-order valence-corrected chi connectivity index (χ1v) is 22.9. The zero-order chi connectivity index (χ0) is 53.5. The van der Waals surface area contributed by atoms with Crippen LogP contribution in [0.3, 0.4) is 0 Å². The maximum Gasteiger partial charge on any atom is 0.326 e. The van der Waals surface area contributed by atoms with E-state index in [0.717, 1.165) is 6.92 Å². The van der Waals surface area contributed by atoms with Gasteiger partial charge in [-0.3, -0.25) is 47.9 Å². The molecule has 0 saturated carbocycles. The lowest BCUT2D eigenvalue weighted by Crippen LogP contribution is -2.61. The highest BCUT2D eigenvalue weighted by molar-refractivity contribution is 5.97. The number of aliphatic hydroxyl groups excluding tert-OH is 1. The number of aliphatic hydroxyl groups is 1. The van der Waals surface area contributed by atoms with Crippen LogP contribution in [0.15, 0.2) is 60.7 Å². The molecule has 71 heavy (non-hydrogen) atoms. The molecule has 0 aliphatic heterocycles. The van der Waals surface area contributed by atoms with Gasteiger partial charge in [0.2, 0.25) is 41.4 Å². The van der Waals surface area contributed by atoms with E-state index >= 15 is 0 Å². The second-order valence-electron chi connectivity index (χ2n) is 17.8. The molecule has 2 rings (SSSR count). The Hall–Kier alpha value is -7.47. The molecule has 0 saturated heterocycles.